The molecule has 132 valence electrons. The molecule has 0 aromatic carbocycles. The van der Waals surface area contributed by atoms with Crippen LogP contribution in [-0.2, 0) is 16.0 Å². The van der Waals surface area contributed by atoms with Crippen molar-refractivity contribution in [3.63, 3.8) is 0 Å². The van der Waals surface area contributed by atoms with Gasteiger partial charge in [-0.1, -0.05) is 18.9 Å². The molecular weight excluding hydrogens is 302 g/mol. The Balaban J connectivity index is 1.48. The van der Waals surface area contributed by atoms with Crippen molar-refractivity contribution in [2.75, 3.05) is 19.6 Å². The summed E-state index contributed by atoms with van der Waals surface area (Å²) in [5.74, 6) is 1.05. The van der Waals surface area contributed by atoms with Gasteiger partial charge in [0.05, 0.1) is 0 Å². The van der Waals surface area contributed by atoms with Gasteiger partial charge in [-0.05, 0) is 43.2 Å². The quantitative estimate of drug-likeness (QED) is 0.745. The molecule has 2 heterocycles. The van der Waals surface area contributed by atoms with E-state index in [0.29, 0.717) is 6.42 Å². The van der Waals surface area contributed by atoms with Crippen molar-refractivity contribution in [1.29, 1.82) is 0 Å². The highest BCUT2D eigenvalue weighted by molar-refractivity contribution is 5.76. The van der Waals surface area contributed by atoms with Crippen molar-refractivity contribution in [3.8, 4) is 0 Å². The Hall–Kier alpha value is -1.91. The molecule has 5 nitrogen and oxygen atoms in total. The summed E-state index contributed by atoms with van der Waals surface area (Å²) < 4.78 is 0. The van der Waals surface area contributed by atoms with Crippen molar-refractivity contribution < 1.29 is 9.59 Å². The van der Waals surface area contributed by atoms with Crippen molar-refractivity contribution in [3.05, 3.63) is 30.1 Å². The van der Waals surface area contributed by atoms with E-state index in [1.54, 1.807) is 13.1 Å². The number of aromatic nitrogens is 1. The van der Waals surface area contributed by atoms with Gasteiger partial charge in [0.1, 0.15) is 0 Å². The predicted octanol–water partition coefficient (Wildman–Crippen LogP) is 2.56. The lowest BCUT2D eigenvalue weighted by atomic mass is 9.91. The summed E-state index contributed by atoms with van der Waals surface area (Å²) >= 11 is 0. The first-order valence-corrected chi connectivity index (χ1v) is 9.06. The molecule has 1 saturated heterocycles. The van der Waals surface area contributed by atoms with E-state index in [2.05, 4.69) is 10.3 Å². The first-order valence-electron chi connectivity index (χ1n) is 9.06. The molecule has 1 aliphatic heterocycles. The van der Waals surface area contributed by atoms with E-state index in [-0.39, 0.29) is 11.8 Å². The second-order valence-corrected chi connectivity index (χ2v) is 6.66. The maximum atomic E-state index is 11.8. The van der Waals surface area contributed by atoms with Gasteiger partial charge >= 0.3 is 0 Å². The van der Waals surface area contributed by atoms with Crippen LogP contribution in [0.2, 0.25) is 0 Å². The third-order valence-corrected chi connectivity index (χ3v) is 4.78. The van der Waals surface area contributed by atoms with Gasteiger partial charge in [0.25, 0.3) is 0 Å². The second-order valence-electron chi connectivity index (χ2n) is 6.66. The fraction of sp³-hybridized carbons (Fsp3) is 0.632. The number of hydrogen-bond acceptors (Lipinski definition) is 3. The lowest BCUT2D eigenvalue weighted by molar-refractivity contribution is -0.130. The Labute approximate surface area is 144 Å². The van der Waals surface area contributed by atoms with Gasteiger partial charge in [-0.2, -0.15) is 0 Å². The normalized spacial score (nSPS) is 15.3. The van der Waals surface area contributed by atoms with Gasteiger partial charge in [-0.15, -0.1) is 0 Å². The summed E-state index contributed by atoms with van der Waals surface area (Å²) in [7, 11) is 0. The Bertz CT molecular complexity index is 511. The number of unbranched alkanes of at least 4 members (excludes halogenated alkanes) is 1. The van der Waals surface area contributed by atoms with Crippen LogP contribution in [0.15, 0.2) is 24.5 Å². The number of nitrogens with zero attached hydrogens (tertiary/aromatic N) is 2. The zero-order valence-corrected chi connectivity index (χ0v) is 14.7. The summed E-state index contributed by atoms with van der Waals surface area (Å²) in [5, 5.41) is 3.00. The second kappa shape index (κ2) is 10.1. The van der Waals surface area contributed by atoms with Gasteiger partial charge in [-0.25, -0.2) is 0 Å². The average molecular weight is 331 g/mol. The van der Waals surface area contributed by atoms with E-state index >= 15 is 0 Å². The molecule has 0 radical (unpaired) electrons. The van der Waals surface area contributed by atoms with Crippen LogP contribution in [0.1, 0.15) is 51.0 Å². The first kappa shape index (κ1) is 18.4. The zero-order chi connectivity index (χ0) is 17.2. The lowest BCUT2D eigenvalue weighted by Gasteiger charge is -2.31. The smallest absolute Gasteiger partial charge is 0.220 e. The van der Waals surface area contributed by atoms with E-state index in [0.717, 1.165) is 63.2 Å². The fourth-order valence-corrected chi connectivity index (χ4v) is 3.21. The van der Waals surface area contributed by atoms with E-state index in [1.165, 1.54) is 6.42 Å². The van der Waals surface area contributed by atoms with E-state index in [9.17, 15) is 9.59 Å². The Morgan fingerprint density at radius 1 is 1.29 bits per heavy atom. The third kappa shape index (κ3) is 6.69. The van der Waals surface area contributed by atoms with Gasteiger partial charge in [0, 0.05) is 45.4 Å². The highest BCUT2D eigenvalue weighted by Gasteiger charge is 2.19. The number of piperidine rings is 1. The lowest BCUT2D eigenvalue weighted by Crippen LogP contribution is -2.36. The Morgan fingerprint density at radius 3 is 2.75 bits per heavy atom. The van der Waals surface area contributed by atoms with Crippen LogP contribution >= 0.6 is 0 Å². The van der Waals surface area contributed by atoms with Crippen LogP contribution in [0.25, 0.3) is 0 Å². The van der Waals surface area contributed by atoms with Crippen molar-refractivity contribution in [2.45, 2.75) is 51.9 Å². The topological polar surface area (TPSA) is 62.3 Å². The molecule has 1 aromatic rings. The summed E-state index contributed by atoms with van der Waals surface area (Å²) in [6.07, 6.45) is 10.5. The molecule has 0 saturated carbocycles. The Kier molecular flexibility index (Phi) is 7.72. The van der Waals surface area contributed by atoms with Crippen molar-refractivity contribution >= 4 is 11.8 Å². The van der Waals surface area contributed by atoms with Crippen LogP contribution < -0.4 is 5.32 Å². The number of carbonyl (C=O) groups is 2. The standard InChI is InChI=1S/C19H29N3O2/c1-16(23)22-13-9-17(10-14-22)5-2-3-12-21-19(24)8-7-18-6-4-11-20-15-18/h4,6,11,15,17H,2-3,5,7-10,12-14H2,1H3,(H,21,24). The molecule has 0 aliphatic carbocycles. The van der Waals surface area contributed by atoms with E-state index in [4.69, 9.17) is 0 Å². The summed E-state index contributed by atoms with van der Waals surface area (Å²) in [6.45, 7) is 4.23. The number of hydrogen-bond donors (Lipinski definition) is 1. The third-order valence-electron chi connectivity index (χ3n) is 4.78. The van der Waals surface area contributed by atoms with Gasteiger partial charge < -0.3 is 10.2 Å². The van der Waals surface area contributed by atoms with Gasteiger partial charge in [0.2, 0.25) is 11.8 Å². The van der Waals surface area contributed by atoms with Crippen LogP contribution in [0.5, 0.6) is 0 Å². The van der Waals surface area contributed by atoms with E-state index in [1.807, 2.05) is 23.2 Å². The molecule has 24 heavy (non-hydrogen) atoms. The van der Waals surface area contributed by atoms with Crippen molar-refractivity contribution in [1.82, 2.24) is 15.2 Å². The molecule has 0 bridgehead atoms. The minimum Gasteiger partial charge on any atom is -0.356 e. The molecule has 1 aliphatic rings. The number of nitrogens with one attached hydrogen (secondary N) is 1. The number of aryl methyl sites for hydroxylation is 1. The SMILES string of the molecule is CC(=O)N1CCC(CCCCNC(=O)CCc2cccnc2)CC1. The number of carbonyl (C=O) groups excluding carboxylic acids is 2. The maximum Gasteiger partial charge on any atom is 0.220 e. The average Bonchev–Trinajstić information content (AvgIpc) is 2.61. The van der Waals surface area contributed by atoms with Gasteiger partial charge in [0.15, 0.2) is 0 Å². The highest BCUT2D eigenvalue weighted by atomic mass is 16.2. The van der Waals surface area contributed by atoms with Crippen LogP contribution in [0, 0.1) is 5.92 Å². The predicted molar refractivity (Wildman–Crippen MR) is 94.4 cm³/mol. The minimum atomic E-state index is 0.119. The number of rotatable bonds is 8. The molecule has 1 N–H and O–H groups in total. The van der Waals surface area contributed by atoms with Crippen LogP contribution in [-0.4, -0.2) is 41.3 Å². The molecule has 1 fully saturated rings. The Morgan fingerprint density at radius 2 is 2.08 bits per heavy atom. The number of likely N-dealkylation sites (tertiary alicyclic amines) is 1. The monoisotopic (exact) mass is 331 g/mol. The maximum absolute atomic E-state index is 11.8. The summed E-state index contributed by atoms with van der Waals surface area (Å²) in [6, 6.07) is 3.89. The van der Waals surface area contributed by atoms with Crippen LogP contribution in [0.4, 0.5) is 0 Å². The van der Waals surface area contributed by atoms with E-state index < -0.39 is 0 Å². The number of amides is 2. The molecule has 0 atom stereocenters. The number of pyridine rings is 1. The largest absolute Gasteiger partial charge is 0.356 e. The minimum absolute atomic E-state index is 0.119. The van der Waals surface area contributed by atoms with Gasteiger partial charge in [-0.3, -0.25) is 14.6 Å². The molecule has 0 spiro atoms. The molecule has 0 unspecified atom stereocenters. The van der Waals surface area contributed by atoms with Crippen LogP contribution in [0.3, 0.4) is 0 Å². The summed E-state index contributed by atoms with van der Waals surface area (Å²) in [5.41, 5.74) is 1.10. The first-order chi connectivity index (χ1) is 11.6. The molecular formula is C19H29N3O2. The molecule has 2 amide bonds. The molecule has 2 rings (SSSR count). The summed E-state index contributed by atoms with van der Waals surface area (Å²) in [4.78, 5) is 29.1. The molecule has 5 heteroatoms. The molecule has 1 aromatic heterocycles. The highest BCUT2D eigenvalue weighted by Crippen LogP contribution is 2.22. The van der Waals surface area contributed by atoms with Crippen molar-refractivity contribution in [2.24, 2.45) is 5.92 Å². The fourth-order valence-electron chi connectivity index (χ4n) is 3.21. The zero-order valence-electron chi connectivity index (χ0n) is 14.7.